The molecule has 1 rings (SSSR count). The standard InChI is InChI=1S/C12H14O3/c1-4-5-12(13)9-6-10(14-2)8-11(7-9)15-3/h5-8,12-13H,1H2,2-3H3. The Morgan fingerprint density at radius 3 is 2.20 bits per heavy atom. The number of hydrogen-bond acceptors (Lipinski definition) is 3. The van der Waals surface area contributed by atoms with Crippen molar-refractivity contribution < 1.29 is 14.6 Å². The molecule has 3 heteroatoms. The van der Waals surface area contributed by atoms with Crippen molar-refractivity contribution in [2.75, 3.05) is 14.2 Å². The van der Waals surface area contributed by atoms with E-state index in [0.717, 1.165) is 0 Å². The van der Waals surface area contributed by atoms with Gasteiger partial charge in [0.25, 0.3) is 0 Å². The Balaban J connectivity index is 3.11. The molecule has 0 amide bonds. The number of benzene rings is 1. The molecule has 80 valence electrons. The monoisotopic (exact) mass is 206 g/mol. The van der Waals surface area contributed by atoms with Crippen LogP contribution >= 0.6 is 0 Å². The summed E-state index contributed by atoms with van der Waals surface area (Å²) in [5, 5.41) is 9.69. The maximum absolute atomic E-state index is 9.69. The first-order chi connectivity index (χ1) is 7.21. The van der Waals surface area contributed by atoms with E-state index in [1.807, 2.05) is 0 Å². The van der Waals surface area contributed by atoms with Crippen LogP contribution in [0.3, 0.4) is 0 Å². The van der Waals surface area contributed by atoms with Gasteiger partial charge in [-0.1, -0.05) is 6.58 Å². The second-order valence-corrected chi connectivity index (χ2v) is 2.96. The maximum Gasteiger partial charge on any atom is 0.122 e. The van der Waals surface area contributed by atoms with Crippen molar-refractivity contribution in [2.45, 2.75) is 6.10 Å². The van der Waals surface area contributed by atoms with E-state index in [2.05, 4.69) is 12.3 Å². The molecule has 1 atom stereocenters. The lowest BCUT2D eigenvalue weighted by atomic mass is 10.1. The zero-order valence-corrected chi connectivity index (χ0v) is 8.86. The van der Waals surface area contributed by atoms with Crippen LogP contribution in [0.2, 0.25) is 0 Å². The van der Waals surface area contributed by atoms with Crippen LogP contribution < -0.4 is 9.47 Å². The van der Waals surface area contributed by atoms with Crippen molar-refractivity contribution >= 4 is 0 Å². The van der Waals surface area contributed by atoms with Crippen LogP contribution in [0.25, 0.3) is 0 Å². The molecule has 15 heavy (non-hydrogen) atoms. The van der Waals surface area contributed by atoms with Gasteiger partial charge < -0.3 is 14.6 Å². The average Bonchev–Trinajstić information content (AvgIpc) is 2.28. The molecule has 1 aromatic rings. The molecule has 0 aliphatic carbocycles. The predicted octanol–water partition coefficient (Wildman–Crippen LogP) is 2.08. The van der Waals surface area contributed by atoms with E-state index < -0.39 is 6.10 Å². The van der Waals surface area contributed by atoms with E-state index >= 15 is 0 Å². The first-order valence-electron chi connectivity index (χ1n) is 4.48. The Morgan fingerprint density at radius 1 is 1.27 bits per heavy atom. The summed E-state index contributed by atoms with van der Waals surface area (Å²) in [6, 6.07) is 5.22. The Labute approximate surface area is 89.3 Å². The highest BCUT2D eigenvalue weighted by molar-refractivity contribution is 5.40. The molecule has 1 N–H and O–H groups in total. The number of rotatable bonds is 4. The second-order valence-electron chi connectivity index (χ2n) is 2.96. The van der Waals surface area contributed by atoms with E-state index in [0.29, 0.717) is 17.1 Å². The van der Waals surface area contributed by atoms with E-state index in [1.54, 1.807) is 32.4 Å². The number of methoxy groups -OCH3 is 2. The Morgan fingerprint density at radius 2 is 1.80 bits per heavy atom. The summed E-state index contributed by atoms with van der Waals surface area (Å²) in [6.07, 6.45) is 0.722. The minimum atomic E-state index is -0.744. The van der Waals surface area contributed by atoms with Crippen LogP contribution in [0.5, 0.6) is 11.5 Å². The Kier molecular flexibility index (Phi) is 3.98. The van der Waals surface area contributed by atoms with E-state index in [9.17, 15) is 5.11 Å². The highest BCUT2D eigenvalue weighted by Crippen LogP contribution is 2.26. The lowest BCUT2D eigenvalue weighted by Crippen LogP contribution is -1.95. The lowest BCUT2D eigenvalue weighted by Gasteiger charge is -2.10. The summed E-state index contributed by atoms with van der Waals surface area (Å²) in [7, 11) is 3.13. The maximum atomic E-state index is 9.69. The number of aliphatic hydroxyl groups excluding tert-OH is 1. The molecule has 0 aliphatic rings. The van der Waals surface area contributed by atoms with Gasteiger partial charge in [0.05, 0.1) is 14.2 Å². The molecule has 0 heterocycles. The van der Waals surface area contributed by atoms with E-state index in [-0.39, 0.29) is 0 Å². The van der Waals surface area contributed by atoms with Crippen molar-refractivity contribution in [1.29, 1.82) is 0 Å². The fourth-order valence-electron chi connectivity index (χ4n) is 1.21. The molecule has 0 spiro atoms. The van der Waals surface area contributed by atoms with Crippen molar-refractivity contribution in [3.63, 3.8) is 0 Å². The number of ether oxygens (including phenoxy) is 2. The van der Waals surface area contributed by atoms with Crippen LogP contribution in [0.15, 0.2) is 36.6 Å². The molecule has 0 bridgehead atoms. The second kappa shape index (κ2) is 5.25. The topological polar surface area (TPSA) is 38.7 Å². The normalized spacial score (nSPS) is 11.4. The summed E-state index contributed by atoms with van der Waals surface area (Å²) < 4.78 is 10.2. The third-order valence-electron chi connectivity index (χ3n) is 1.99. The first-order valence-corrected chi connectivity index (χ1v) is 4.48. The van der Waals surface area contributed by atoms with Gasteiger partial charge in [0, 0.05) is 6.07 Å². The van der Waals surface area contributed by atoms with Gasteiger partial charge in [-0.15, -0.1) is 5.73 Å². The van der Waals surface area contributed by atoms with Gasteiger partial charge >= 0.3 is 0 Å². The number of hydrogen-bond donors (Lipinski definition) is 1. The van der Waals surface area contributed by atoms with Gasteiger partial charge in [-0.25, -0.2) is 0 Å². The largest absolute Gasteiger partial charge is 0.497 e. The fraction of sp³-hybridized carbons (Fsp3) is 0.250. The molecule has 1 aromatic carbocycles. The summed E-state index contributed by atoms with van der Waals surface area (Å²) in [5.41, 5.74) is 3.22. The van der Waals surface area contributed by atoms with E-state index in [4.69, 9.17) is 9.47 Å². The Bertz CT molecular complexity index is 356. The van der Waals surface area contributed by atoms with Gasteiger partial charge in [-0.05, 0) is 23.8 Å². The average molecular weight is 206 g/mol. The molecular formula is C12H14O3. The minimum absolute atomic E-state index is 0.640. The molecule has 0 saturated carbocycles. The van der Waals surface area contributed by atoms with Crippen LogP contribution in [-0.2, 0) is 0 Å². The van der Waals surface area contributed by atoms with Crippen LogP contribution in [0.4, 0.5) is 0 Å². The molecular weight excluding hydrogens is 192 g/mol. The van der Waals surface area contributed by atoms with Crippen molar-refractivity contribution in [3.8, 4) is 11.5 Å². The number of aliphatic hydroxyl groups is 1. The predicted molar refractivity (Wildman–Crippen MR) is 58.2 cm³/mol. The van der Waals surface area contributed by atoms with Crippen LogP contribution in [0, 0.1) is 0 Å². The molecule has 0 fully saturated rings. The third kappa shape index (κ3) is 2.88. The summed E-state index contributed by atoms with van der Waals surface area (Å²) >= 11 is 0. The summed E-state index contributed by atoms with van der Waals surface area (Å²) in [5.74, 6) is 1.28. The summed E-state index contributed by atoms with van der Waals surface area (Å²) in [4.78, 5) is 0. The molecule has 1 unspecified atom stereocenters. The van der Waals surface area contributed by atoms with Crippen molar-refractivity contribution in [1.82, 2.24) is 0 Å². The zero-order chi connectivity index (χ0) is 11.3. The van der Waals surface area contributed by atoms with Gasteiger partial charge in [0.2, 0.25) is 0 Å². The van der Waals surface area contributed by atoms with Gasteiger partial charge in [-0.3, -0.25) is 0 Å². The first kappa shape index (κ1) is 11.4. The SMILES string of the molecule is C=C=CC(O)c1cc(OC)cc(OC)c1. The minimum Gasteiger partial charge on any atom is -0.497 e. The van der Waals surface area contributed by atoms with E-state index in [1.165, 1.54) is 6.08 Å². The van der Waals surface area contributed by atoms with Crippen molar-refractivity contribution in [3.05, 3.63) is 42.1 Å². The van der Waals surface area contributed by atoms with Crippen LogP contribution in [-0.4, -0.2) is 19.3 Å². The van der Waals surface area contributed by atoms with Gasteiger partial charge in [0.1, 0.15) is 17.6 Å². The fourth-order valence-corrected chi connectivity index (χ4v) is 1.21. The molecule has 3 nitrogen and oxygen atoms in total. The lowest BCUT2D eigenvalue weighted by molar-refractivity contribution is 0.227. The zero-order valence-electron chi connectivity index (χ0n) is 8.86. The highest BCUT2D eigenvalue weighted by Gasteiger charge is 2.07. The molecule has 0 saturated heterocycles. The smallest absolute Gasteiger partial charge is 0.122 e. The summed E-state index contributed by atoms with van der Waals surface area (Å²) in [6.45, 7) is 3.41. The molecule has 0 aromatic heterocycles. The molecule has 0 aliphatic heterocycles. The molecule has 0 radical (unpaired) electrons. The quantitative estimate of drug-likeness (QED) is 0.766. The third-order valence-corrected chi connectivity index (χ3v) is 1.99. The van der Waals surface area contributed by atoms with Gasteiger partial charge in [-0.2, -0.15) is 0 Å². The highest BCUT2D eigenvalue weighted by atomic mass is 16.5. The van der Waals surface area contributed by atoms with Crippen molar-refractivity contribution in [2.24, 2.45) is 0 Å². The Hall–Kier alpha value is -1.70. The van der Waals surface area contributed by atoms with Crippen LogP contribution in [0.1, 0.15) is 11.7 Å². The van der Waals surface area contributed by atoms with Gasteiger partial charge in [0.15, 0.2) is 0 Å².